The van der Waals surface area contributed by atoms with E-state index in [1.807, 2.05) is 48.0 Å². The summed E-state index contributed by atoms with van der Waals surface area (Å²) in [6, 6.07) is 14.7. The van der Waals surface area contributed by atoms with Crippen LogP contribution in [0.1, 0.15) is 53.8 Å². The van der Waals surface area contributed by atoms with Crippen LogP contribution >= 0.6 is 0 Å². The van der Waals surface area contributed by atoms with Crippen molar-refractivity contribution in [3.8, 4) is 23.5 Å². The summed E-state index contributed by atoms with van der Waals surface area (Å²) >= 11 is 0. The van der Waals surface area contributed by atoms with Crippen LogP contribution in [0.15, 0.2) is 48.5 Å². The van der Waals surface area contributed by atoms with E-state index < -0.39 is 11.8 Å². The van der Waals surface area contributed by atoms with Crippen molar-refractivity contribution in [2.75, 3.05) is 14.2 Å². The van der Waals surface area contributed by atoms with E-state index in [4.69, 9.17) is 26.0 Å². The molecule has 1 aromatic heterocycles. The van der Waals surface area contributed by atoms with Gasteiger partial charge in [-0.05, 0) is 22.8 Å². The molecule has 33 heavy (non-hydrogen) atoms. The number of aromatic nitrogens is 3. The molecule has 3 rings (SSSR count). The van der Waals surface area contributed by atoms with E-state index >= 15 is 0 Å². The number of rotatable bonds is 11. The third-order valence-corrected chi connectivity index (χ3v) is 5.58. The maximum Gasteiger partial charge on any atom is 0.336 e. The van der Waals surface area contributed by atoms with Crippen molar-refractivity contribution in [3.05, 3.63) is 71.3 Å². The highest BCUT2D eigenvalue weighted by Gasteiger charge is 2.36. The fraction of sp³-hybridized carbons (Fsp3) is 0.346. The molecule has 0 amide bonds. The molecule has 0 bridgehead atoms. The molecule has 7 heteroatoms. The Morgan fingerprint density at radius 3 is 2.45 bits per heavy atom. The molecule has 1 N–H and O–H groups in total. The smallest absolute Gasteiger partial charge is 0.336 e. The molecule has 0 aliphatic heterocycles. The summed E-state index contributed by atoms with van der Waals surface area (Å²) in [5, 5.41) is 14.2. The van der Waals surface area contributed by atoms with Gasteiger partial charge in [-0.15, -0.1) is 17.4 Å². The highest BCUT2D eigenvalue weighted by Crippen LogP contribution is 2.29. The Morgan fingerprint density at radius 1 is 1.15 bits per heavy atom. The van der Waals surface area contributed by atoms with Crippen LogP contribution in [0.2, 0.25) is 0 Å². The molecular weight excluding hydrogens is 418 g/mol. The molecular formula is C26H29N3O4. The summed E-state index contributed by atoms with van der Waals surface area (Å²) in [7, 11) is 3.18. The number of hydrogen-bond acceptors (Lipinski definition) is 5. The summed E-state index contributed by atoms with van der Waals surface area (Å²) in [4.78, 5) is 16.3. The second-order valence-electron chi connectivity index (χ2n) is 7.67. The van der Waals surface area contributed by atoms with Crippen LogP contribution in [0.3, 0.4) is 0 Å². The lowest BCUT2D eigenvalue weighted by Crippen LogP contribution is -2.32. The van der Waals surface area contributed by atoms with Gasteiger partial charge in [0, 0.05) is 33.5 Å². The number of hydrogen-bond donors (Lipinski definition) is 1. The molecule has 0 unspecified atom stereocenters. The number of aromatic carboxylic acids is 1. The highest BCUT2D eigenvalue weighted by atomic mass is 16.7. The molecule has 0 fully saturated rings. The zero-order valence-electron chi connectivity index (χ0n) is 19.2. The van der Waals surface area contributed by atoms with Gasteiger partial charge in [0.25, 0.3) is 0 Å². The van der Waals surface area contributed by atoms with Crippen molar-refractivity contribution < 1.29 is 19.4 Å². The molecule has 3 aromatic rings. The molecule has 172 valence electrons. The van der Waals surface area contributed by atoms with Gasteiger partial charge in [0.2, 0.25) is 11.6 Å². The van der Waals surface area contributed by atoms with Gasteiger partial charge in [0.05, 0.1) is 12.1 Å². The number of methoxy groups -OCH3 is 2. The maximum absolute atomic E-state index is 11.6. The Labute approximate surface area is 194 Å². The fourth-order valence-corrected chi connectivity index (χ4v) is 3.83. The third kappa shape index (κ3) is 5.30. The second kappa shape index (κ2) is 10.9. The van der Waals surface area contributed by atoms with Crippen LogP contribution < -0.4 is 0 Å². The van der Waals surface area contributed by atoms with E-state index in [1.54, 1.807) is 26.4 Å². The summed E-state index contributed by atoms with van der Waals surface area (Å²) in [5.41, 5.74) is 2.79. The molecule has 0 atom stereocenters. The van der Waals surface area contributed by atoms with Crippen LogP contribution in [-0.2, 0) is 28.2 Å². The van der Waals surface area contributed by atoms with Crippen LogP contribution in [0.5, 0.6) is 0 Å². The Balaban J connectivity index is 1.92. The molecule has 0 saturated carbocycles. The van der Waals surface area contributed by atoms with E-state index in [9.17, 15) is 9.90 Å². The SMILES string of the molecule is C#CCCc1nc(C(CCC)(OC)OC)nn1Cc1ccc(-c2ccccc2C(=O)O)cc1. The molecule has 0 saturated heterocycles. The Bertz CT molecular complexity index is 1130. The standard InChI is InChI=1S/C26H29N3O4/c1-5-7-12-23-27-25(26(32-3,33-4)17-6-2)28-29(23)18-19-13-15-20(16-14-19)21-10-8-9-11-22(21)24(30)31/h1,8-11,13-16H,6-7,12,17-18H2,2-4H3,(H,30,31). The van der Waals surface area contributed by atoms with Crippen molar-refractivity contribution in [2.24, 2.45) is 0 Å². The molecule has 2 aromatic carbocycles. The first-order valence-electron chi connectivity index (χ1n) is 10.9. The molecule has 0 aliphatic rings. The first-order chi connectivity index (χ1) is 16.0. The number of carboxylic acid groups (broad SMARTS) is 1. The predicted molar refractivity (Wildman–Crippen MR) is 126 cm³/mol. The number of benzene rings is 2. The zero-order valence-corrected chi connectivity index (χ0v) is 19.2. The number of terminal acetylenes is 1. The monoisotopic (exact) mass is 447 g/mol. The number of ether oxygens (including phenoxy) is 2. The minimum Gasteiger partial charge on any atom is -0.478 e. The maximum atomic E-state index is 11.6. The first kappa shape index (κ1) is 24.2. The van der Waals surface area contributed by atoms with Gasteiger partial charge in [0.1, 0.15) is 5.82 Å². The van der Waals surface area contributed by atoms with Crippen LogP contribution in [0.4, 0.5) is 0 Å². The Hall–Kier alpha value is -3.47. The number of nitrogens with zero attached hydrogens (tertiary/aromatic N) is 3. The van der Waals surface area contributed by atoms with Crippen molar-refractivity contribution >= 4 is 5.97 Å². The van der Waals surface area contributed by atoms with Gasteiger partial charge in [-0.1, -0.05) is 55.8 Å². The van der Waals surface area contributed by atoms with Crippen LogP contribution in [-0.4, -0.2) is 40.1 Å². The van der Waals surface area contributed by atoms with Crippen molar-refractivity contribution in [1.82, 2.24) is 14.8 Å². The van der Waals surface area contributed by atoms with Gasteiger partial charge >= 0.3 is 5.97 Å². The highest BCUT2D eigenvalue weighted by molar-refractivity contribution is 5.95. The van der Waals surface area contributed by atoms with E-state index in [0.717, 1.165) is 23.4 Å². The van der Waals surface area contributed by atoms with Gasteiger partial charge < -0.3 is 14.6 Å². The summed E-state index contributed by atoms with van der Waals surface area (Å²) < 4.78 is 13.2. The first-order valence-corrected chi connectivity index (χ1v) is 10.9. The van der Waals surface area contributed by atoms with Crippen molar-refractivity contribution in [1.29, 1.82) is 0 Å². The van der Waals surface area contributed by atoms with Crippen LogP contribution in [0, 0.1) is 12.3 Å². The second-order valence-corrected chi connectivity index (χ2v) is 7.67. The Morgan fingerprint density at radius 2 is 1.85 bits per heavy atom. The number of carboxylic acids is 1. The molecule has 0 aliphatic carbocycles. The Kier molecular flexibility index (Phi) is 7.99. The quantitative estimate of drug-likeness (QED) is 0.344. The van der Waals surface area contributed by atoms with Gasteiger partial charge in [-0.25, -0.2) is 14.5 Å². The third-order valence-electron chi connectivity index (χ3n) is 5.58. The average Bonchev–Trinajstić information content (AvgIpc) is 3.24. The topological polar surface area (TPSA) is 86.5 Å². The lowest BCUT2D eigenvalue weighted by atomic mass is 9.99. The summed E-state index contributed by atoms with van der Waals surface area (Å²) in [6.07, 6.45) is 8.07. The lowest BCUT2D eigenvalue weighted by Gasteiger charge is -2.27. The fourth-order valence-electron chi connectivity index (χ4n) is 3.83. The van der Waals surface area contributed by atoms with E-state index in [1.165, 1.54) is 0 Å². The molecule has 0 spiro atoms. The van der Waals surface area contributed by atoms with E-state index in [0.29, 0.717) is 37.2 Å². The molecule has 7 nitrogen and oxygen atoms in total. The van der Waals surface area contributed by atoms with E-state index in [-0.39, 0.29) is 5.56 Å². The minimum atomic E-state index is -1.00. The summed E-state index contributed by atoms with van der Waals surface area (Å²) in [5.74, 6) is 1.94. The van der Waals surface area contributed by atoms with Crippen molar-refractivity contribution in [3.63, 3.8) is 0 Å². The van der Waals surface area contributed by atoms with Gasteiger partial charge in [0.15, 0.2) is 0 Å². The molecule has 0 radical (unpaired) electrons. The number of aryl methyl sites for hydroxylation is 1. The molecule has 1 heterocycles. The minimum absolute atomic E-state index is 0.272. The number of carbonyl (C=O) groups is 1. The lowest BCUT2D eigenvalue weighted by molar-refractivity contribution is -0.225. The average molecular weight is 448 g/mol. The van der Waals surface area contributed by atoms with Gasteiger partial charge in [-0.2, -0.15) is 0 Å². The largest absolute Gasteiger partial charge is 0.478 e. The normalized spacial score (nSPS) is 11.3. The van der Waals surface area contributed by atoms with E-state index in [2.05, 4.69) is 5.92 Å². The van der Waals surface area contributed by atoms with Crippen LogP contribution in [0.25, 0.3) is 11.1 Å². The zero-order chi connectivity index (χ0) is 23.8. The summed E-state index contributed by atoms with van der Waals surface area (Å²) in [6.45, 7) is 2.54. The van der Waals surface area contributed by atoms with Crippen molar-refractivity contribution in [2.45, 2.75) is 44.9 Å². The van der Waals surface area contributed by atoms with Gasteiger partial charge in [-0.3, -0.25) is 0 Å². The predicted octanol–water partition coefficient (Wildman–Crippen LogP) is 4.50.